The van der Waals surface area contributed by atoms with E-state index in [0.717, 1.165) is 6.92 Å². The molecule has 354 valence electrons. The Balaban J connectivity index is 6.36. The van der Waals surface area contributed by atoms with Gasteiger partial charge in [-0.1, -0.05) is 48.0 Å². The number of carboxylic acids is 1. The molecule has 0 spiro atoms. The van der Waals surface area contributed by atoms with Crippen LogP contribution in [-0.4, -0.2) is 154 Å². The Morgan fingerprint density at radius 3 is 1.74 bits per heavy atom. The van der Waals surface area contributed by atoms with Gasteiger partial charge in [0.15, 0.2) is 7.37 Å². The highest BCUT2D eigenvalue weighted by Gasteiger charge is 2.36. The summed E-state index contributed by atoms with van der Waals surface area (Å²) in [6.45, 7) is 9.23. The van der Waals surface area contributed by atoms with Crippen molar-refractivity contribution in [1.82, 2.24) is 37.2 Å². The molecule has 19 N–H and O–H groups in total. The van der Waals surface area contributed by atoms with E-state index in [2.05, 4.69) is 31.6 Å². The summed E-state index contributed by atoms with van der Waals surface area (Å²) in [5, 5.41) is 53.2. The Kier molecular flexibility index (Phi) is 24.6. The number of guanidine groups is 1. The molecule has 0 rings (SSSR count). The normalized spacial score (nSPS) is 16.2. The van der Waals surface area contributed by atoms with Crippen LogP contribution in [0.3, 0.4) is 0 Å². The molecule has 0 heterocycles. The first-order valence-corrected chi connectivity index (χ1v) is 20.1. The smallest absolute Gasteiger partial charge is 0.328 e. The Morgan fingerprint density at radius 2 is 1.26 bits per heavy atom. The fraction of sp³-hybridized carbons (Fsp3) is 0.730. The Morgan fingerprint density at radius 1 is 0.710 bits per heavy atom. The van der Waals surface area contributed by atoms with E-state index in [0.29, 0.717) is 5.31 Å². The molecule has 25 nitrogen and oxygen atoms in total. The van der Waals surface area contributed by atoms with Crippen LogP contribution in [0.2, 0.25) is 1.41 Å². The van der Waals surface area contributed by atoms with Crippen molar-refractivity contribution in [2.45, 2.75) is 135 Å². The van der Waals surface area contributed by atoms with Gasteiger partial charge in [-0.15, -0.1) is 0 Å². The highest BCUT2D eigenvalue weighted by Crippen LogP contribution is 2.13. The van der Waals surface area contributed by atoms with Crippen LogP contribution in [0.4, 0.5) is 0 Å². The average molecular weight is 890 g/mol. The predicted molar refractivity (Wildman–Crippen MR) is 222 cm³/mol. The molecular formula is C37H68N12O13. The zero-order valence-corrected chi connectivity index (χ0v) is 36.3. The fourth-order valence-electron chi connectivity index (χ4n) is 5.50. The number of primary amides is 1. The Hall–Kier alpha value is -5.66. The summed E-state index contributed by atoms with van der Waals surface area (Å²) >= 11 is 0. The van der Waals surface area contributed by atoms with Gasteiger partial charge in [-0.3, -0.25) is 43.3 Å². The molecule has 0 saturated heterocycles. The zero-order valence-electron chi connectivity index (χ0n) is 37.3. The molecule has 0 saturated carbocycles. The van der Waals surface area contributed by atoms with E-state index in [1.807, 2.05) is 5.32 Å². The second-order valence-corrected chi connectivity index (χ2v) is 15.6. The fourth-order valence-corrected chi connectivity index (χ4v) is 5.50. The molecule has 62 heavy (non-hydrogen) atoms. The predicted octanol–water partition coefficient (Wildman–Crippen LogP) is -6.17. The van der Waals surface area contributed by atoms with Gasteiger partial charge in [-0.05, 0) is 43.9 Å². The van der Waals surface area contributed by atoms with Crippen LogP contribution in [0.25, 0.3) is 0 Å². The van der Waals surface area contributed by atoms with E-state index in [-0.39, 0.29) is 44.1 Å². The molecule has 25 heteroatoms. The number of aliphatic hydroxyl groups excluding tert-OH is 3. The van der Waals surface area contributed by atoms with Crippen molar-refractivity contribution in [3.05, 3.63) is 0 Å². The minimum Gasteiger partial charge on any atom is -0.480 e. The molecule has 0 fully saturated rings. The van der Waals surface area contributed by atoms with Crippen LogP contribution in [0.15, 0.2) is 4.99 Å². The Bertz CT molecular complexity index is 1620. The maximum absolute atomic E-state index is 14.0. The van der Waals surface area contributed by atoms with Crippen LogP contribution in [0.1, 0.15) is 80.6 Å². The van der Waals surface area contributed by atoms with Gasteiger partial charge in [0.2, 0.25) is 47.3 Å². The van der Waals surface area contributed by atoms with E-state index in [9.17, 15) is 58.5 Å². The minimum atomic E-state index is -1.78. The van der Waals surface area contributed by atoms with E-state index in [4.69, 9.17) is 29.5 Å². The molecule has 0 radical (unpaired) electrons. The zero-order chi connectivity index (χ0) is 48.9. The van der Waals surface area contributed by atoms with Gasteiger partial charge in [-0.25, -0.2) is 4.79 Å². The van der Waals surface area contributed by atoms with E-state index in [1.165, 1.54) is 0 Å². The van der Waals surface area contributed by atoms with Gasteiger partial charge in [0.05, 0.1) is 31.8 Å². The van der Waals surface area contributed by atoms with Crippen molar-refractivity contribution in [3.63, 3.8) is 0 Å². The highest BCUT2D eigenvalue weighted by molar-refractivity contribution is 5.98. The van der Waals surface area contributed by atoms with Crippen molar-refractivity contribution < 1.29 is 65.0 Å². The molecule has 0 aliphatic carbocycles. The first-order chi connectivity index (χ1) is 29.2. The number of hydrogen-bond donors (Lipinski definition) is 15. The number of amides is 8. The molecular weight excluding hydrogens is 820 g/mol. The lowest BCUT2D eigenvalue weighted by Gasteiger charge is -2.30. The number of carboxylic acid groups (broad SMARTS) is 1. The largest absolute Gasteiger partial charge is 0.480 e. The van der Waals surface area contributed by atoms with Crippen molar-refractivity contribution in [3.8, 4) is 0 Å². The topological polar surface area (TPSA) is 435 Å². The third-order valence-corrected chi connectivity index (χ3v) is 9.33. The van der Waals surface area contributed by atoms with Crippen LogP contribution < -0.4 is 60.1 Å². The molecule has 8 amide bonds. The molecule has 0 aromatic carbocycles. The van der Waals surface area contributed by atoms with Crippen molar-refractivity contribution in [2.75, 3.05) is 19.7 Å². The maximum Gasteiger partial charge on any atom is 0.328 e. The number of rotatable bonds is 29. The van der Waals surface area contributed by atoms with Crippen LogP contribution in [0, 0.1) is 17.8 Å². The summed E-state index contributed by atoms with van der Waals surface area (Å²) in [6, 6.07) is -11.1. The third-order valence-electron chi connectivity index (χ3n) is 9.33. The highest BCUT2D eigenvalue weighted by atomic mass is 16.4. The van der Waals surface area contributed by atoms with Crippen LogP contribution >= 0.6 is 0 Å². The molecule has 0 aromatic heterocycles. The first kappa shape index (κ1) is 54.4. The number of aliphatic hydroxyl groups is 3. The summed E-state index contributed by atoms with van der Waals surface area (Å²) in [4.78, 5) is 120. The quantitative estimate of drug-likeness (QED) is 0.0189. The first-order valence-electron chi connectivity index (χ1n) is 20.5. The maximum atomic E-state index is 14.0. The Labute approximate surface area is 361 Å². The number of carbonyl (C=O) groups excluding carboxylic acids is 8. The van der Waals surface area contributed by atoms with Crippen molar-refractivity contribution in [2.24, 2.45) is 45.7 Å². The average Bonchev–Trinajstić information content (AvgIpc) is 3.20. The lowest BCUT2D eigenvalue weighted by Crippen LogP contribution is -2.62. The van der Waals surface area contributed by atoms with Gasteiger partial charge in [0.1, 0.15) is 42.3 Å². The number of nitrogens with one attached hydrogen (secondary N) is 7. The van der Waals surface area contributed by atoms with Crippen LogP contribution in [0.5, 0.6) is 0 Å². The summed E-state index contributed by atoms with van der Waals surface area (Å²) in [7, 11) is 0. The summed E-state index contributed by atoms with van der Waals surface area (Å²) in [5.74, 6) is -11.5. The van der Waals surface area contributed by atoms with Gasteiger partial charge in [-0.2, -0.15) is 0 Å². The summed E-state index contributed by atoms with van der Waals surface area (Å²) < 4.78 is 8.54. The third kappa shape index (κ3) is 20.7. The van der Waals surface area contributed by atoms with Gasteiger partial charge in [0, 0.05) is 6.54 Å². The van der Waals surface area contributed by atoms with Crippen molar-refractivity contribution in [1.29, 1.82) is 0 Å². The number of aliphatic carboxylic acids is 1. The number of hydrogen-bond acceptors (Lipinski definition) is 14. The molecule has 0 aromatic rings. The van der Waals surface area contributed by atoms with Crippen LogP contribution in [-0.2, 0) is 43.2 Å². The molecule has 0 aliphatic heterocycles. The SMILES string of the molecule is [2H]N(C(=O)[C@@H](N)[C@H](O)C(C)C)[C@@H](CC(C)C)C(=O)N[C@@H](CCCN=C(N)N)C(=O)N[C@H](C(=O)N[C@H](C(=O)NCC(=O)N[C@@H](CC(N)=O)C(=O)N[C@@H](CO)C(=O)O)[C@H](C)O)[C@@H](C)CC. The number of carbonyl (C=O) groups is 9. The molecule has 10 atom stereocenters. The van der Waals surface area contributed by atoms with Gasteiger partial charge in [0.25, 0.3) is 0 Å². The van der Waals surface area contributed by atoms with E-state index >= 15 is 0 Å². The van der Waals surface area contributed by atoms with Gasteiger partial charge < -0.3 is 80.6 Å². The molecule has 0 aliphatic rings. The van der Waals surface area contributed by atoms with Gasteiger partial charge >= 0.3 is 5.97 Å². The second kappa shape index (κ2) is 28.0. The summed E-state index contributed by atoms with van der Waals surface area (Å²) in [6.07, 6.45) is -3.47. The van der Waals surface area contributed by atoms with Crippen molar-refractivity contribution >= 4 is 59.2 Å². The minimum absolute atomic E-state index is 0.0226. The number of nitrogens with zero attached hydrogens (tertiary/aromatic N) is 1. The van der Waals surface area contributed by atoms with E-state index in [1.54, 1.807) is 41.5 Å². The standard InChI is InChI=1S/C37H68N12O13/c1-8-18(6)27(35(60)49-28(19(7)51)34(59)43-14-25(53)44-22(13-24(38)52)32(57)47-23(15-50)36(61)62)48-30(55)20(10-9-11-42-37(40)41)45-31(56)21(12-16(2)3)46-33(58)26(39)29(54)17(4)5/h16-23,26-29,50-51,54H,8-15,39H2,1-7H3,(H2,38,52)(H,43,59)(H,44,53)(H,45,56)(H,46,58)(H,47,57)(H,48,55)(H,49,60)(H,61,62)(H4,40,41,42)/t18-,19-,20-,21-,22-,23-,26-,27-,28-,29+/m0/s1/i/hD. The number of aliphatic imine (C=N–C) groups is 1. The molecule has 0 unspecified atom stereocenters. The second-order valence-electron chi connectivity index (χ2n) is 15.6. The summed E-state index contributed by atoms with van der Waals surface area (Å²) in [5.41, 5.74) is 21.9. The molecule has 0 bridgehead atoms. The lowest BCUT2D eigenvalue weighted by atomic mass is 9.96. The number of nitrogens with two attached hydrogens (primary N) is 4. The monoisotopic (exact) mass is 890 g/mol. The lowest BCUT2D eigenvalue weighted by molar-refractivity contribution is -0.143. The van der Waals surface area contributed by atoms with E-state index < -0.39 is 139 Å².